The number of esters is 1. The summed E-state index contributed by atoms with van der Waals surface area (Å²) >= 11 is 4.42. The molecule has 0 spiro atoms. The molecular formula is C8H13NO2S. The Morgan fingerprint density at radius 3 is 2.83 bits per heavy atom. The lowest BCUT2D eigenvalue weighted by atomic mass is 10.1. The third-order valence-electron chi connectivity index (χ3n) is 1.51. The van der Waals surface area contributed by atoms with E-state index in [4.69, 9.17) is 0 Å². The van der Waals surface area contributed by atoms with Crippen molar-refractivity contribution < 1.29 is 9.53 Å². The maximum absolute atomic E-state index is 11.0. The zero-order valence-electron chi connectivity index (χ0n) is 7.37. The van der Waals surface area contributed by atoms with Crippen molar-refractivity contribution in [3.63, 3.8) is 0 Å². The topological polar surface area (TPSA) is 38.7 Å². The summed E-state index contributed by atoms with van der Waals surface area (Å²) in [7, 11) is 1.35. The van der Waals surface area contributed by atoms with Gasteiger partial charge >= 0.3 is 5.97 Å². The molecule has 0 aliphatic carbocycles. The van der Waals surface area contributed by atoms with Gasteiger partial charge in [-0.15, -0.1) is 0 Å². The molecule has 0 aliphatic rings. The lowest BCUT2D eigenvalue weighted by molar-refractivity contribution is -0.142. The van der Waals surface area contributed by atoms with Crippen LogP contribution in [0.25, 0.3) is 0 Å². The molecule has 0 saturated carbocycles. The Labute approximate surface area is 77.8 Å². The third kappa shape index (κ3) is 4.21. The van der Waals surface area contributed by atoms with Crippen molar-refractivity contribution in [2.45, 2.75) is 32.2 Å². The van der Waals surface area contributed by atoms with Gasteiger partial charge in [0, 0.05) is 0 Å². The van der Waals surface area contributed by atoms with Crippen LogP contribution in [0.15, 0.2) is 4.99 Å². The molecule has 3 nitrogen and oxygen atoms in total. The predicted molar refractivity (Wildman–Crippen MR) is 50.4 cm³/mol. The van der Waals surface area contributed by atoms with Crippen LogP contribution in [0, 0.1) is 0 Å². The Morgan fingerprint density at radius 2 is 2.42 bits per heavy atom. The van der Waals surface area contributed by atoms with E-state index in [1.54, 1.807) is 0 Å². The van der Waals surface area contributed by atoms with Gasteiger partial charge in [-0.05, 0) is 18.6 Å². The van der Waals surface area contributed by atoms with Gasteiger partial charge in [0.1, 0.15) is 0 Å². The van der Waals surface area contributed by atoms with Gasteiger partial charge in [0.2, 0.25) is 0 Å². The van der Waals surface area contributed by atoms with Gasteiger partial charge < -0.3 is 4.74 Å². The Bertz CT molecular complexity index is 187. The first-order valence-electron chi connectivity index (χ1n) is 3.91. The molecule has 0 saturated heterocycles. The van der Waals surface area contributed by atoms with Crippen molar-refractivity contribution in [3.8, 4) is 0 Å². The molecule has 12 heavy (non-hydrogen) atoms. The van der Waals surface area contributed by atoms with Crippen LogP contribution >= 0.6 is 12.2 Å². The van der Waals surface area contributed by atoms with Gasteiger partial charge in [0.15, 0.2) is 6.04 Å². The third-order valence-corrected chi connectivity index (χ3v) is 1.62. The van der Waals surface area contributed by atoms with Crippen molar-refractivity contribution in [2.24, 2.45) is 4.99 Å². The monoisotopic (exact) mass is 187 g/mol. The van der Waals surface area contributed by atoms with Crippen LogP contribution in [-0.2, 0) is 9.53 Å². The van der Waals surface area contributed by atoms with Gasteiger partial charge in [0.25, 0.3) is 0 Å². The summed E-state index contributed by atoms with van der Waals surface area (Å²) in [4.78, 5) is 14.7. The Morgan fingerprint density at radius 1 is 1.75 bits per heavy atom. The van der Waals surface area contributed by atoms with Gasteiger partial charge in [-0.3, -0.25) is 0 Å². The summed E-state index contributed by atoms with van der Waals surface area (Å²) < 4.78 is 4.54. The van der Waals surface area contributed by atoms with E-state index in [9.17, 15) is 4.79 Å². The molecule has 0 aliphatic heterocycles. The van der Waals surface area contributed by atoms with Crippen LogP contribution in [0.2, 0.25) is 0 Å². The van der Waals surface area contributed by atoms with Gasteiger partial charge in [-0.25, -0.2) is 9.79 Å². The van der Waals surface area contributed by atoms with Crippen molar-refractivity contribution in [1.82, 2.24) is 0 Å². The first-order valence-corrected chi connectivity index (χ1v) is 4.31. The highest BCUT2D eigenvalue weighted by Gasteiger charge is 2.16. The largest absolute Gasteiger partial charge is 0.467 e. The molecule has 0 heterocycles. The molecule has 0 bridgehead atoms. The highest BCUT2D eigenvalue weighted by Crippen LogP contribution is 2.05. The molecule has 0 aromatic carbocycles. The number of carbonyl (C=O) groups is 1. The first-order chi connectivity index (χ1) is 5.76. The minimum atomic E-state index is -0.451. The molecule has 0 amide bonds. The van der Waals surface area contributed by atoms with E-state index in [0.29, 0.717) is 6.42 Å². The Kier molecular flexibility index (Phi) is 6.53. The molecular weight excluding hydrogens is 174 g/mol. The van der Waals surface area contributed by atoms with Crippen molar-refractivity contribution in [1.29, 1.82) is 0 Å². The molecule has 1 unspecified atom stereocenters. The minimum absolute atomic E-state index is 0.333. The number of hydrogen-bond donors (Lipinski definition) is 0. The summed E-state index contributed by atoms with van der Waals surface area (Å²) in [6, 6.07) is -0.451. The number of unbranched alkanes of at least 4 members (excludes halogenated alkanes) is 1. The summed E-state index contributed by atoms with van der Waals surface area (Å²) in [5.41, 5.74) is 0. The fourth-order valence-electron chi connectivity index (χ4n) is 0.832. The minimum Gasteiger partial charge on any atom is -0.467 e. The highest BCUT2D eigenvalue weighted by molar-refractivity contribution is 7.78. The van der Waals surface area contributed by atoms with E-state index >= 15 is 0 Å². The fraction of sp³-hybridized carbons (Fsp3) is 0.750. The van der Waals surface area contributed by atoms with E-state index in [0.717, 1.165) is 12.8 Å². The normalized spacial score (nSPS) is 11.5. The highest BCUT2D eigenvalue weighted by atomic mass is 32.1. The Balaban J connectivity index is 4.03. The molecule has 0 aromatic heterocycles. The maximum Gasteiger partial charge on any atom is 0.331 e. The zero-order valence-corrected chi connectivity index (χ0v) is 8.19. The van der Waals surface area contributed by atoms with Crippen LogP contribution in [0.5, 0.6) is 0 Å². The number of methoxy groups -OCH3 is 1. The van der Waals surface area contributed by atoms with Gasteiger partial charge in [0.05, 0.1) is 12.3 Å². The van der Waals surface area contributed by atoms with Crippen LogP contribution < -0.4 is 0 Å². The number of nitrogens with zero attached hydrogens (tertiary/aromatic N) is 1. The van der Waals surface area contributed by atoms with Crippen molar-refractivity contribution >= 4 is 23.3 Å². The van der Waals surface area contributed by atoms with Crippen LogP contribution in [0.4, 0.5) is 0 Å². The lowest BCUT2D eigenvalue weighted by Gasteiger charge is -2.06. The van der Waals surface area contributed by atoms with E-state index in [1.165, 1.54) is 7.11 Å². The maximum atomic E-state index is 11.0. The van der Waals surface area contributed by atoms with E-state index < -0.39 is 6.04 Å². The van der Waals surface area contributed by atoms with E-state index in [-0.39, 0.29) is 5.97 Å². The second kappa shape index (κ2) is 6.95. The second-order valence-electron chi connectivity index (χ2n) is 2.40. The summed E-state index contributed by atoms with van der Waals surface area (Å²) in [5.74, 6) is -0.333. The van der Waals surface area contributed by atoms with Crippen LogP contribution in [-0.4, -0.2) is 24.3 Å². The summed E-state index contributed by atoms with van der Waals surface area (Å²) in [5, 5.41) is 2.20. The van der Waals surface area contributed by atoms with Crippen molar-refractivity contribution in [3.05, 3.63) is 0 Å². The van der Waals surface area contributed by atoms with Gasteiger partial charge in [-0.2, -0.15) is 0 Å². The number of carbonyl (C=O) groups excluding carboxylic acids is 1. The van der Waals surface area contributed by atoms with E-state index in [1.807, 2.05) is 0 Å². The molecule has 0 N–H and O–H groups in total. The fourth-order valence-corrected chi connectivity index (χ4v) is 0.959. The standard InChI is InChI=1S/C8H13NO2S/c1-3-4-5-7(9-6-12)8(10)11-2/h7H,3-5H2,1-2H3. The molecule has 4 heteroatoms. The molecule has 0 rings (SSSR count). The number of thiocarbonyl (C=S) groups is 1. The lowest BCUT2D eigenvalue weighted by Crippen LogP contribution is -2.19. The average molecular weight is 187 g/mol. The average Bonchev–Trinajstić information content (AvgIpc) is 2.11. The number of hydrogen-bond acceptors (Lipinski definition) is 4. The molecule has 1 atom stereocenters. The predicted octanol–water partition coefficient (Wildman–Crippen LogP) is 1.82. The number of isothiocyanates is 1. The van der Waals surface area contributed by atoms with Crippen LogP contribution in [0.1, 0.15) is 26.2 Å². The summed E-state index contributed by atoms with van der Waals surface area (Å²) in [6.45, 7) is 2.05. The smallest absolute Gasteiger partial charge is 0.331 e. The summed E-state index contributed by atoms with van der Waals surface area (Å²) in [6.07, 6.45) is 2.66. The quantitative estimate of drug-likeness (QED) is 0.374. The number of rotatable bonds is 5. The zero-order chi connectivity index (χ0) is 9.40. The Hall–Kier alpha value is -0.730. The molecule has 0 fully saturated rings. The first kappa shape index (κ1) is 11.3. The second-order valence-corrected chi connectivity index (χ2v) is 2.58. The molecule has 68 valence electrons. The number of aliphatic imine (C=N–C) groups is 1. The van der Waals surface area contributed by atoms with Crippen molar-refractivity contribution in [2.75, 3.05) is 7.11 Å². The van der Waals surface area contributed by atoms with Gasteiger partial charge in [-0.1, -0.05) is 19.8 Å². The molecule has 0 aromatic rings. The SMILES string of the molecule is CCCCC(N=C=S)C(=O)OC. The van der Waals surface area contributed by atoms with Crippen LogP contribution in [0.3, 0.4) is 0 Å². The molecule has 0 radical (unpaired) electrons. The number of ether oxygens (including phenoxy) is 1. The van der Waals surface area contributed by atoms with E-state index in [2.05, 4.69) is 34.0 Å².